The van der Waals surface area contributed by atoms with Crippen LogP contribution in [0, 0.1) is 5.82 Å². The Morgan fingerprint density at radius 3 is 2.54 bits per heavy atom. The van der Waals surface area contributed by atoms with Gasteiger partial charge < -0.3 is 4.74 Å². The van der Waals surface area contributed by atoms with Crippen LogP contribution in [0.4, 0.5) is 4.39 Å². The number of thiophene rings is 1. The molecule has 0 amide bonds. The fraction of sp³-hybridized carbons (Fsp3) is 0.0500. The lowest BCUT2D eigenvalue weighted by atomic mass is 10.1. The smallest absolute Gasteiger partial charge is 0.216 e. The summed E-state index contributed by atoms with van der Waals surface area (Å²) in [7, 11) is -2.66. The largest absolute Gasteiger partial charge is 0.494 e. The molecule has 2 aromatic heterocycles. The summed E-state index contributed by atoms with van der Waals surface area (Å²) >= 11 is 7.04. The van der Waals surface area contributed by atoms with Crippen LogP contribution in [0.15, 0.2) is 69.9 Å². The maximum Gasteiger partial charge on any atom is 0.216 e. The summed E-state index contributed by atoms with van der Waals surface area (Å²) in [5, 5.41) is 1.26. The fourth-order valence-electron chi connectivity index (χ4n) is 2.91. The number of fused-ring (bicyclic) bond motifs is 1. The zero-order valence-corrected chi connectivity index (χ0v) is 16.9. The molecule has 0 atom stereocenters. The van der Waals surface area contributed by atoms with Crippen molar-refractivity contribution in [3.8, 4) is 16.9 Å². The minimum absolute atomic E-state index is 0.0186. The van der Waals surface area contributed by atoms with E-state index in [0.29, 0.717) is 26.4 Å². The molecule has 2 heterocycles. The van der Waals surface area contributed by atoms with Crippen molar-refractivity contribution in [2.75, 3.05) is 7.11 Å². The van der Waals surface area contributed by atoms with Crippen LogP contribution < -0.4 is 4.74 Å². The first-order chi connectivity index (χ1) is 13.4. The van der Waals surface area contributed by atoms with Gasteiger partial charge in [-0.25, -0.2) is 17.8 Å². The first kappa shape index (κ1) is 18.9. The van der Waals surface area contributed by atoms with Gasteiger partial charge in [0.1, 0.15) is 9.04 Å². The fourth-order valence-corrected chi connectivity index (χ4v) is 6.12. The SMILES string of the molecule is COc1ccc(S(=O)(=O)c2sc3ncccc3c2-c2ccc(Cl)cc2)cc1F. The highest BCUT2D eigenvalue weighted by Gasteiger charge is 2.28. The van der Waals surface area contributed by atoms with E-state index < -0.39 is 15.7 Å². The molecule has 0 spiro atoms. The molecule has 0 bridgehead atoms. The van der Waals surface area contributed by atoms with Gasteiger partial charge in [0.05, 0.1) is 12.0 Å². The summed E-state index contributed by atoms with van der Waals surface area (Å²) in [6.07, 6.45) is 1.61. The first-order valence-corrected chi connectivity index (χ1v) is 10.8. The average Bonchev–Trinajstić information content (AvgIpc) is 3.09. The number of hydrogen-bond donors (Lipinski definition) is 0. The molecule has 0 saturated heterocycles. The van der Waals surface area contributed by atoms with E-state index in [2.05, 4.69) is 4.98 Å². The van der Waals surface area contributed by atoms with Gasteiger partial charge in [0, 0.05) is 22.2 Å². The Kier molecular flexibility index (Phi) is 4.82. The molecule has 0 aliphatic heterocycles. The van der Waals surface area contributed by atoms with E-state index >= 15 is 0 Å². The third kappa shape index (κ3) is 3.15. The van der Waals surface area contributed by atoms with Crippen molar-refractivity contribution in [3.63, 3.8) is 0 Å². The second-order valence-electron chi connectivity index (χ2n) is 5.93. The van der Waals surface area contributed by atoms with Crippen molar-refractivity contribution in [1.29, 1.82) is 0 Å². The lowest BCUT2D eigenvalue weighted by molar-refractivity contribution is 0.385. The molecule has 0 N–H and O–H groups in total. The van der Waals surface area contributed by atoms with Crippen LogP contribution in [0.3, 0.4) is 0 Å². The Hall–Kier alpha value is -2.48. The molecular formula is C20H13ClFNO3S2. The van der Waals surface area contributed by atoms with E-state index in [-0.39, 0.29) is 14.9 Å². The van der Waals surface area contributed by atoms with Crippen LogP contribution in [-0.2, 0) is 9.84 Å². The van der Waals surface area contributed by atoms with E-state index in [1.54, 1.807) is 36.5 Å². The number of sulfone groups is 1. The molecular weight excluding hydrogens is 421 g/mol. The minimum Gasteiger partial charge on any atom is -0.494 e. The third-order valence-electron chi connectivity index (χ3n) is 4.24. The van der Waals surface area contributed by atoms with Crippen molar-refractivity contribution in [1.82, 2.24) is 4.98 Å². The zero-order valence-electron chi connectivity index (χ0n) is 14.5. The van der Waals surface area contributed by atoms with Crippen molar-refractivity contribution in [2.45, 2.75) is 9.10 Å². The maximum atomic E-state index is 14.2. The molecule has 4 rings (SSSR count). The van der Waals surface area contributed by atoms with E-state index in [1.807, 2.05) is 6.07 Å². The number of hydrogen-bond acceptors (Lipinski definition) is 5. The summed E-state index contributed by atoms with van der Waals surface area (Å²) in [6.45, 7) is 0. The molecule has 0 saturated carbocycles. The van der Waals surface area contributed by atoms with Gasteiger partial charge in [-0.15, -0.1) is 11.3 Å². The highest BCUT2D eigenvalue weighted by atomic mass is 35.5. The van der Waals surface area contributed by atoms with Crippen molar-refractivity contribution in [3.05, 3.63) is 71.6 Å². The van der Waals surface area contributed by atoms with E-state index in [9.17, 15) is 12.8 Å². The summed E-state index contributed by atoms with van der Waals surface area (Å²) < 4.78 is 45.9. The lowest BCUT2D eigenvalue weighted by Gasteiger charge is -2.09. The van der Waals surface area contributed by atoms with Gasteiger partial charge in [-0.2, -0.15) is 0 Å². The Balaban J connectivity index is 1.99. The molecule has 0 unspecified atom stereocenters. The third-order valence-corrected chi connectivity index (χ3v) is 7.88. The Morgan fingerprint density at radius 2 is 1.86 bits per heavy atom. The number of nitrogens with zero attached hydrogens (tertiary/aromatic N) is 1. The standard InChI is InChI=1S/C20H13ClFNO3S2/c1-26-17-9-8-14(11-16(17)22)28(24,25)20-18(12-4-6-13(21)7-5-12)15-3-2-10-23-19(15)27-20/h2-11H,1H3. The monoisotopic (exact) mass is 433 g/mol. The van der Waals surface area contributed by atoms with Crippen LogP contribution in [-0.4, -0.2) is 20.5 Å². The molecule has 0 aliphatic rings. The average molecular weight is 434 g/mol. The summed E-state index contributed by atoms with van der Waals surface area (Å²) in [5.74, 6) is -0.759. The van der Waals surface area contributed by atoms with Crippen LogP contribution in [0.5, 0.6) is 5.75 Å². The molecule has 8 heteroatoms. The quantitative estimate of drug-likeness (QED) is 0.420. The number of halogens is 2. The van der Waals surface area contributed by atoms with Crippen LogP contribution in [0.25, 0.3) is 21.3 Å². The van der Waals surface area contributed by atoms with E-state index in [1.165, 1.54) is 19.2 Å². The predicted octanol–water partition coefficient (Wildman–Crippen LogP) is 5.60. The zero-order chi connectivity index (χ0) is 19.9. The summed E-state index contributed by atoms with van der Waals surface area (Å²) in [4.78, 5) is 4.73. The topological polar surface area (TPSA) is 56.3 Å². The van der Waals surface area contributed by atoms with Gasteiger partial charge in [0.2, 0.25) is 9.84 Å². The van der Waals surface area contributed by atoms with E-state index in [4.69, 9.17) is 16.3 Å². The number of rotatable bonds is 4. The Bertz CT molecular complexity index is 1280. The molecule has 0 radical (unpaired) electrons. The Morgan fingerprint density at radius 1 is 1.11 bits per heavy atom. The van der Waals surface area contributed by atoms with Gasteiger partial charge >= 0.3 is 0 Å². The molecule has 0 fully saturated rings. The lowest BCUT2D eigenvalue weighted by Crippen LogP contribution is -2.02. The molecule has 2 aromatic carbocycles. The number of ether oxygens (including phenoxy) is 1. The molecule has 28 heavy (non-hydrogen) atoms. The van der Waals surface area contributed by atoms with E-state index in [0.717, 1.165) is 17.4 Å². The summed E-state index contributed by atoms with van der Waals surface area (Å²) in [6, 6.07) is 14.1. The van der Waals surface area contributed by atoms with Crippen molar-refractivity contribution >= 4 is 43.0 Å². The second-order valence-corrected chi connectivity index (χ2v) is 9.51. The van der Waals surface area contributed by atoms with Gasteiger partial charge in [-0.05, 0) is 48.0 Å². The predicted molar refractivity (Wildman–Crippen MR) is 108 cm³/mol. The van der Waals surface area contributed by atoms with Crippen LogP contribution >= 0.6 is 22.9 Å². The maximum absolute atomic E-state index is 14.2. The highest BCUT2D eigenvalue weighted by molar-refractivity contribution is 7.93. The number of benzene rings is 2. The van der Waals surface area contributed by atoms with Gasteiger partial charge in [-0.3, -0.25) is 0 Å². The molecule has 142 valence electrons. The van der Waals surface area contributed by atoms with Crippen LogP contribution in [0.2, 0.25) is 5.02 Å². The van der Waals surface area contributed by atoms with Crippen LogP contribution in [0.1, 0.15) is 0 Å². The number of aromatic nitrogens is 1. The van der Waals surface area contributed by atoms with Gasteiger partial charge in [0.15, 0.2) is 11.6 Å². The van der Waals surface area contributed by atoms with Gasteiger partial charge in [-0.1, -0.05) is 23.7 Å². The highest BCUT2D eigenvalue weighted by Crippen LogP contribution is 2.43. The van der Waals surface area contributed by atoms with Crippen molar-refractivity contribution < 1.29 is 17.5 Å². The molecule has 4 nitrogen and oxygen atoms in total. The minimum atomic E-state index is -3.99. The molecule has 0 aliphatic carbocycles. The molecule has 4 aromatic rings. The normalized spacial score (nSPS) is 11.7. The number of pyridine rings is 1. The van der Waals surface area contributed by atoms with Crippen molar-refractivity contribution in [2.24, 2.45) is 0 Å². The second kappa shape index (κ2) is 7.16. The first-order valence-electron chi connectivity index (χ1n) is 8.14. The summed E-state index contributed by atoms with van der Waals surface area (Å²) in [5.41, 5.74) is 1.22. The Labute approximate surface area is 170 Å². The number of methoxy groups -OCH3 is 1. The van der Waals surface area contributed by atoms with Gasteiger partial charge in [0.25, 0.3) is 0 Å².